The Kier molecular flexibility index (Phi) is 6.02. The van der Waals surface area contributed by atoms with Gasteiger partial charge in [-0.05, 0) is 41.5 Å². The van der Waals surface area contributed by atoms with Gasteiger partial charge in [-0.3, -0.25) is 10.1 Å². The van der Waals surface area contributed by atoms with E-state index in [9.17, 15) is 4.79 Å². The molecule has 0 saturated heterocycles. The highest BCUT2D eigenvalue weighted by Crippen LogP contribution is 2.22. The summed E-state index contributed by atoms with van der Waals surface area (Å²) in [6.07, 6.45) is 5.78. The van der Waals surface area contributed by atoms with Gasteiger partial charge in [0.05, 0.1) is 0 Å². The molecule has 1 aromatic heterocycles. The molecule has 1 N–H and O–H groups in total. The first-order valence-electron chi connectivity index (χ1n) is 7.52. The Labute approximate surface area is 163 Å². The second kappa shape index (κ2) is 8.43. The maximum absolute atomic E-state index is 12.0. The number of rotatable bonds is 5. The lowest BCUT2D eigenvalue weighted by Gasteiger charge is -1.98. The Bertz CT molecular complexity index is 906. The van der Waals surface area contributed by atoms with Gasteiger partial charge in [0, 0.05) is 33.1 Å². The lowest BCUT2D eigenvalue weighted by molar-refractivity contribution is -0.111. The number of hydrogen-bond donors (Lipinski definition) is 1. The first-order valence-corrected chi connectivity index (χ1v) is 9.51. The van der Waals surface area contributed by atoms with Crippen molar-refractivity contribution in [2.24, 2.45) is 0 Å². The molecule has 3 aromatic rings. The van der Waals surface area contributed by atoms with E-state index in [0.29, 0.717) is 10.2 Å². The van der Waals surface area contributed by atoms with Crippen molar-refractivity contribution < 1.29 is 4.79 Å². The average molecular weight is 434 g/mol. The van der Waals surface area contributed by atoms with Gasteiger partial charge < -0.3 is 0 Å². The van der Waals surface area contributed by atoms with Gasteiger partial charge in [-0.2, -0.15) is 0 Å². The van der Waals surface area contributed by atoms with E-state index in [1.807, 2.05) is 24.3 Å². The molecule has 0 aliphatic rings. The van der Waals surface area contributed by atoms with Crippen LogP contribution in [0.2, 0.25) is 5.02 Å². The van der Waals surface area contributed by atoms with Gasteiger partial charge in [-0.25, -0.2) is 4.98 Å². The SMILES string of the molecule is O=C(C=Cc1cccc(Cl)c1)Nc1ncc(Cc2ccc(Br)cc2)s1. The number of hydrogen-bond acceptors (Lipinski definition) is 3. The molecule has 0 atom stereocenters. The summed E-state index contributed by atoms with van der Waals surface area (Å²) >= 11 is 10.8. The smallest absolute Gasteiger partial charge is 0.250 e. The number of anilines is 1. The van der Waals surface area contributed by atoms with Crippen LogP contribution in [0.1, 0.15) is 16.0 Å². The van der Waals surface area contributed by atoms with Crippen molar-refractivity contribution in [1.29, 1.82) is 0 Å². The third-order valence-electron chi connectivity index (χ3n) is 3.35. The molecule has 0 spiro atoms. The van der Waals surface area contributed by atoms with Gasteiger partial charge in [0.1, 0.15) is 0 Å². The summed E-state index contributed by atoms with van der Waals surface area (Å²) in [4.78, 5) is 17.4. The summed E-state index contributed by atoms with van der Waals surface area (Å²) in [6, 6.07) is 15.5. The van der Waals surface area contributed by atoms with E-state index in [1.165, 1.54) is 23.0 Å². The molecule has 0 fully saturated rings. The van der Waals surface area contributed by atoms with E-state index in [4.69, 9.17) is 11.6 Å². The van der Waals surface area contributed by atoms with Crippen molar-refractivity contribution in [1.82, 2.24) is 4.98 Å². The lowest BCUT2D eigenvalue weighted by atomic mass is 10.1. The van der Waals surface area contributed by atoms with Crippen LogP contribution in [0.5, 0.6) is 0 Å². The topological polar surface area (TPSA) is 42.0 Å². The molecule has 3 nitrogen and oxygen atoms in total. The van der Waals surface area contributed by atoms with E-state index in [2.05, 4.69) is 38.4 Å². The molecular weight excluding hydrogens is 420 g/mol. The van der Waals surface area contributed by atoms with Gasteiger partial charge >= 0.3 is 0 Å². The quantitative estimate of drug-likeness (QED) is 0.517. The van der Waals surface area contributed by atoms with Crippen LogP contribution in [0, 0.1) is 0 Å². The predicted molar refractivity (Wildman–Crippen MR) is 108 cm³/mol. The van der Waals surface area contributed by atoms with E-state index in [1.54, 1.807) is 24.4 Å². The van der Waals surface area contributed by atoms with Gasteiger partial charge in [0.15, 0.2) is 5.13 Å². The van der Waals surface area contributed by atoms with Crippen molar-refractivity contribution in [2.45, 2.75) is 6.42 Å². The Morgan fingerprint density at radius 3 is 2.80 bits per heavy atom. The van der Waals surface area contributed by atoms with Crippen molar-refractivity contribution in [3.63, 3.8) is 0 Å². The summed E-state index contributed by atoms with van der Waals surface area (Å²) in [7, 11) is 0. The summed E-state index contributed by atoms with van der Waals surface area (Å²) in [5.74, 6) is -0.218. The fourth-order valence-electron chi connectivity index (χ4n) is 2.18. The first-order chi connectivity index (χ1) is 12.1. The van der Waals surface area contributed by atoms with Crippen LogP contribution in [-0.4, -0.2) is 10.9 Å². The Morgan fingerprint density at radius 1 is 1.24 bits per heavy atom. The highest BCUT2D eigenvalue weighted by molar-refractivity contribution is 9.10. The highest BCUT2D eigenvalue weighted by atomic mass is 79.9. The van der Waals surface area contributed by atoms with E-state index < -0.39 is 0 Å². The summed E-state index contributed by atoms with van der Waals surface area (Å²) in [5, 5.41) is 4.01. The number of carbonyl (C=O) groups excluding carboxylic acids is 1. The third-order valence-corrected chi connectivity index (χ3v) is 5.03. The van der Waals surface area contributed by atoms with Crippen LogP contribution in [0.15, 0.2) is 65.3 Å². The minimum atomic E-state index is -0.218. The number of thiazole rings is 1. The molecule has 3 rings (SSSR count). The van der Waals surface area contributed by atoms with Gasteiger partial charge in [-0.15, -0.1) is 11.3 Å². The molecule has 1 heterocycles. The zero-order valence-electron chi connectivity index (χ0n) is 13.1. The Hall–Kier alpha value is -1.95. The second-order valence-corrected chi connectivity index (χ2v) is 7.78. The molecule has 2 aromatic carbocycles. The second-order valence-electron chi connectivity index (χ2n) is 5.31. The lowest BCUT2D eigenvalue weighted by Crippen LogP contribution is -2.07. The molecule has 0 radical (unpaired) electrons. The van der Waals surface area contributed by atoms with Crippen LogP contribution < -0.4 is 5.32 Å². The van der Waals surface area contributed by atoms with Crippen molar-refractivity contribution in [3.05, 3.63) is 86.3 Å². The minimum Gasteiger partial charge on any atom is -0.298 e. The zero-order chi connectivity index (χ0) is 17.6. The van der Waals surface area contributed by atoms with E-state index in [0.717, 1.165) is 21.3 Å². The van der Waals surface area contributed by atoms with Crippen molar-refractivity contribution in [3.8, 4) is 0 Å². The highest BCUT2D eigenvalue weighted by Gasteiger charge is 2.05. The standard InChI is InChI=1S/C19H14BrClN2OS/c20-15-7-4-14(5-8-15)11-17-12-22-19(25-17)23-18(24)9-6-13-2-1-3-16(21)10-13/h1-10,12H,11H2,(H,22,23,24). The van der Waals surface area contributed by atoms with Gasteiger partial charge in [-0.1, -0.05) is 51.8 Å². The van der Waals surface area contributed by atoms with Crippen LogP contribution in [-0.2, 0) is 11.2 Å². The Morgan fingerprint density at radius 2 is 2.04 bits per heavy atom. The molecule has 126 valence electrons. The summed E-state index contributed by atoms with van der Waals surface area (Å²) in [5.41, 5.74) is 2.07. The number of nitrogens with zero attached hydrogens (tertiary/aromatic N) is 1. The zero-order valence-corrected chi connectivity index (χ0v) is 16.2. The number of benzene rings is 2. The largest absolute Gasteiger partial charge is 0.298 e. The van der Waals surface area contributed by atoms with Crippen LogP contribution in [0.3, 0.4) is 0 Å². The number of nitrogens with one attached hydrogen (secondary N) is 1. The van der Waals surface area contributed by atoms with E-state index >= 15 is 0 Å². The molecule has 6 heteroatoms. The number of carbonyl (C=O) groups is 1. The normalized spacial score (nSPS) is 11.0. The van der Waals surface area contributed by atoms with Crippen LogP contribution in [0.25, 0.3) is 6.08 Å². The van der Waals surface area contributed by atoms with Crippen LogP contribution in [0.4, 0.5) is 5.13 Å². The summed E-state index contributed by atoms with van der Waals surface area (Å²) < 4.78 is 1.06. The van der Waals surface area contributed by atoms with Crippen molar-refractivity contribution >= 4 is 56.0 Å². The molecule has 25 heavy (non-hydrogen) atoms. The molecule has 0 unspecified atom stereocenters. The molecule has 0 bridgehead atoms. The molecule has 0 aliphatic heterocycles. The first kappa shape index (κ1) is 17.9. The number of aromatic nitrogens is 1. The van der Waals surface area contributed by atoms with Crippen LogP contribution >= 0.6 is 38.9 Å². The monoisotopic (exact) mass is 432 g/mol. The maximum Gasteiger partial charge on any atom is 0.250 e. The molecular formula is C19H14BrClN2OS. The molecule has 1 amide bonds. The van der Waals surface area contributed by atoms with Gasteiger partial charge in [0.25, 0.3) is 0 Å². The molecule has 0 saturated carbocycles. The maximum atomic E-state index is 12.0. The third kappa shape index (κ3) is 5.53. The Balaban J connectivity index is 1.59. The number of halogens is 2. The fourth-order valence-corrected chi connectivity index (χ4v) is 3.49. The molecule has 0 aliphatic carbocycles. The predicted octanol–water partition coefficient (Wildman–Crippen LogP) is 5.80. The summed E-state index contributed by atoms with van der Waals surface area (Å²) in [6.45, 7) is 0. The minimum absolute atomic E-state index is 0.218. The number of amides is 1. The average Bonchev–Trinajstić information content (AvgIpc) is 3.02. The van der Waals surface area contributed by atoms with E-state index in [-0.39, 0.29) is 5.91 Å². The fraction of sp³-hybridized carbons (Fsp3) is 0.0526. The van der Waals surface area contributed by atoms with Gasteiger partial charge in [0.2, 0.25) is 5.91 Å². The van der Waals surface area contributed by atoms with Crippen molar-refractivity contribution in [2.75, 3.05) is 5.32 Å².